The van der Waals surface area contributed by atoms with Crippen LogP contribution in [0.4, 0.5) is 8.78 Å². The first-order valence-corrected chi connectivity index (χ1v) is 9.74. The molecule has 1 heterocycles. The van der Waals surface area contributed by atoms with Gasteiger partial charge < -0.3 is 10.5 Å². The molecule has 0 aliphatic heterocycles. The maximum Gasteiger partial charge on any atom is 0.340 e. The molecular weight excluding hydrogens is 404 g/mol. The van der Waals surface area contributed by atoms with Crippen molar-refractivity contribution in [1.29, 1.82) is 5.26 Å². The summed E-state index contributed by atoms with van der Waals surface area (Å²) >= 11 is 0. The van der Waals surface area contributed by atoms with Crippen molar-refractivity contribution < 1.29 is 23.1 Å². The van der Waals surface area contributed by atoms with Crippen LogP contribution in [0.5, 0.6) is 0 Å². The molecule has 0 spiro atoms. The predicted octanol–water partition coefficient (Wildman–Crippen LogP) is 3.67. The molecule has 6 nitrogen and oxygen atoms in total. The summed E-state index contributed by atoms with van der Waals surface area (Å²) in [6.07, 6.45) is 2.41. The molecule has 2 unspecified atom stereocenters. The zero-order valence-corrected chi connectivity index (χ0v) is 16.7. The van der Waals surface area contributed by atoms with Gasteiger partial charge in [-0.3, -0.25) is 9.36 Å². The largest absolute Gasteiger partial charge is 0.465 e. The fourth-order valence-corrected chi connectivity index (χ4v) is 4.36. The quantitative estimate of drug-likeness (QED) is 0.646. The van der Waals surface area contributed by atoms with Gasteiger partial charge in [-0.2, -0.15) is 5.26 Å². The Hall–Kier alpha value is -3.57. The molecule has 0 saturated heterocycles. The van der Waals surface area contributed by atoms with Gasteiger partial charge in [0.05, 0.1) is 23.8 Å². The summed E-state index contributed by atoms with van der Waals surface area (Å²) in [5.74, 6) is -3.18. The number of benzene rings is 2. The number of nitrogens with zero attached hydrogens (tertiary/aromatic N) is 2. The summed E-state index contributed by atoms with van der Waals surface area (Å²) in [5, 5.41) is 9.90. The highest BCUT2D eigenvalue weighted by atomic mass is 19.2. The van der Waals surface area contributed by atoms with Gasteiger partial charge in [-0.25, -0.2) is 13.6 Å². The first-order valence-electron chi connectivity index (χ1n) is 9.74. The van der Waals surface area contributed by atoms with E-state index in [1.165, 1.54) is 30.0 Å². The van der Waals surface area contributed by atoms with Crippen molar-refractivity contribution in [3.05, 3.63) is 70.4 Å². The number of halogens is 2. The topological polar surface area (TPSA) is 98.1 Å². The van der Waals surface area contributed by atoms with Gasteiger partial charge in [0.2, 0.25) is 5.91 Å². The third-order valence-electron chi connectivity index (χ3n) is 5.85. The molecule has 2 N–H and O–H groups in total. The average molecular weight is 423 g/mol. The molecule has 0 radical (unpaired) electrons. The van der Waals surface area contributed by atoms with Crippen LogP contribution in [0.2, 0.25) is 0 Å². The fraction of sp³-hybridized carbons (Fsp3) is 0.261. The lowest BCUT2D eigenvalue weighted by atomic mass is 9.91. The molecule has 1 aromatic heterocycles. The van der Waals surface area contributed by atoms with Gasteiger partial charge in [-0.1, -0.05) is 12.1 Å². The molecular formula is C23H19F2N3O3. The van der Waals surface area contributed by atoms with Gasteiger partial charge >= 0.3 is 5.97 Å². The minimum absolute atomic E-state index is 0.104. The number of carbonyl (C=O) groups excluding carboxylic acids is 2. The van der Waals surface area contributed by atoms with E-state index in [4.69, 9.17) is 10.5 Å². The van der Waals surface area contributed by atoms with Crippen molar-refractivity contribution in [3.8, 4) is 6.07 Å². The lowest BCUT2D eigenvalue weighted by Gasteiger charge is -2.20. The minimum Gasteiger partial charge on any atom is -0.465 e. The third kappa shape index (κ3) is 3.47. The maximum absolute atomic E-state index is 13.7. The molecule has 8 heteroatoms. The van der Waals surface area contributed by atoms with Gasteiger partial charge in [0.15, 0.2) is 11.6 Å². The number of fused-ring (bicyclic) bond motifs is 2. The molecule has 0 bridgehead atoms. The number of esters is 1. The van der Waals surface area contributed by atoms with Crippen molar-refractivity contribution in [1.82, 2.24) is 4.57 Å². The summed E-state index contributed by atoms with van der Waals surface area (Å²) in [6, 6.07) is 8.49. The van der Waals surface area contributed by atoms with Gasteiger partial charge in [0.1, 0.15) is 6.07 Å². The van der Waals surface area contributed by atoms with E-state index < -0.39 is 29.6 Å². The number of nitrogens with two attached hydrogens (primary N) is 1. The number of hydrogen-bond acceptors (Lipinski definition) is 5. The molecule has 2 atom stereocenters. The van der Waals surface area contributed by atoms with Crippen molar-refractivity contribution in [2.45, 2.75) is 31.2 Å². The minimum atomic E-state index is -0.943. The van der Waals surface area contributed by atoms with E-state index in [9.17, 15) is 23.6 Å². The predicted molar refractivity (Wildman–Crippen MR) is 109 cm³/mol. The van der Waals surface area contributed by atoms with E-state index in [2.05, 4.69) is 0 Å². The number of methoxy groups -OCH3 is 1. The van der Waals surface area contributed by atoms with E-state index in [1.807, 2.05) is 6.07 Å². The number of carbonyl (C=O) groups is 2. The Morgan fingerprint density at radius 2 is 2.06 bits per heavy atom. The molecule has 0 saturated carbocycles. The van der Waals surface area contributed by atoms with Gasteiger partial charge in [0.25, 0.3) is 0 Å². The summed E-state index contributed by atoms with van der Waals surface area (Å²) in [4.78, 5) is 25.3. The molecule has 0 fully saturated rings. The Morgan fingerprint density at radius 1 is 1.32 bits per heavy atom. The number of hydrogen-bond donors (Lipinski definition) is 1. The van der Waals surface area contributed by atoms with Crippen LogP contribution in [0, 0.1) is 23.0 Å². The SMILES string of the molecule is COC(=O)c1cccc2c(C#N)cn(C(=O)CC(N)C3CCc4cc(F)c(F)cc43)c12. The Bertz CT molecular complexity index is 1260. The Labute approximate surface area is 176 Å². The van der Waals surface area contributed by atoms with E-state index >= 15 is 0 Å². The fourth-order valence-electron chi connectivity index (χ4n) is 4.36. The number of aryl methyl sites for hydroxylation is 1. The summed E-state index contributed by atoms with van der Waals surface area (Å²) in [5.41, 5.74) is 8.31. The second kappa shape index (κ2) is 7.93. The van der Waals surface area contributed by atoms with Crippen LogP contribution in [0.25, 0.3) is 10.9 Å². The van der Waals surface area contributed by atoms with E-state index in [0.717, 1.165) is 6.07 Å². The van der Waals surface area contributed by atoms with Crippen LogP contribution in [-0.4, -0.2) is 29.6 Å². The van der Waals surface area contributed by atoms with Gasteiger partial charge in [-0.05, 0) is 42.2 Å². The van der Waals surface area contributed by atoms with Crippen molar-refractivity contribution >= 4 is 22.8 Å². The van der Waals surface area contributed by atoms with Crippen LogP contribution in [0.1, 0.15) is 50.6 Å². The lowest BCUT2D eigenvalue weighted by Crippen LogP contribution is -2.32. The first-order chi connectivity index (χ1) is 14.8. The molecule has 4 rings (SSSR count). The zero-order valence-electron chi connectivity index (χ0n) is 16.7. The molecule has 0 amide bonds. The molecule has 1 aliphatic carbocycles. The van der Waals surface area contributed by atoms with Gasteiger partial charge in [-0.15, -0.1) is 0 Å². The lowest BCUT2D eigenvalue weighted by molar-refractivity contribution is 0.0602. The second-order valence-corrected chi connectivity index (χ2v) is 7.59. The van der Waals surface area contributed by atoms with Crippen LogP contribution < -0.4 is 5.73 Å². The number of aromatic nitrogens is 1. The highest BCUT2D eigenvalue weighted by Crippen LogP contribution is 2.37. The molecule has 3 aromatic rings. The number of ether oxygens (including phenoxy) is 1. The Kier molecular flexibility index (Phi) is 5.29. The van der Waals surface area contributed by atoms with Crippen LogP contribution >= 0.6 is 0 Å². The monoisotopic (exact) mass is 423 g/mol. The Morgan fingerprint density at radius 3 is 2.77 bits per heavy atom. The molecule has 1 aliphatic rings. The van der Waals surface area contributed by atoms with Crippen molar-refractivity contribution in [2.75, 3.05) is 7.11 Å². The third-order valence-corrected chi connectivity index (χ3v) is 5.85. The first kappa shape index (κ1) is 20.7. The van der Waals surface area contributed by atoms with E-state index in [1.54, 1.807) is 12.1 Å². The zero-order chi connectivity index (χ0) is 22.3. The standard InChI is InChI=1S/C23H19F2N3O3/c1-31-23(30)16-4-2-3-14-13(10-26)11-28(22(14)16)21(29)9-20(27)15-6-5-12-7-18(24)19(25)8-17(12)15/h2-4,7-8,11,15,20H,5-6,9,27H2,1H3. The van der Waals surface area contributed by atoms with Crippen LogP contribution in [0.3, 0.4) is 0 Å². The van der Waals surface area contributed by atoms with Crippen LogP contribution in [-0.2, 0) is 11.2 Å². The number of nitriles is 1. The summed E-state index contributed by atoms with van der Waals surface area (Å²) < 4.78 is 33.3. The summed E-state index contributed by atoms with van der Waals surface area (Å²) in [7, 11) is 1.23. The van der Waals surface area contributed by atoms with Gasteiger partial charge in [0, 0.05) is 30.0 Å². The van der Waals surface area contributed by atoms with Crippen LogP contribution in [0.15, 0.2) is 36.5 Å². The summed E-state index contributed by atoms with van der Waals surface area (Å²) in [6.45, 7) is 0. The Balaban J connectivity index is 1.68. The highest BCUT2D eigenvalue weighted by Gasteiger charge is 2.31. The smallest absolute Gasteiger partial charge is 0.340 e. The number of rotatable bonds is 4. The van der Waals surface area contributed by atoms with Crippen molar-refractivity contribution in [3.63, 3.8) is 0 Å². The van der Waals surface area contributed by atoms with E-state index in [0.29, 0.717) is 29.4 Å². The molecule has 31 heavy (non-hydrogen) atoms. The van der Waals surface area contributed by atoms with Crippen molar-refractivity contribution in [2.24, 2.45) is 5.73 Å². The normalized spacial score (nSPS) is 16.0. The maximum atomic E-state index is 13.7. The van der Waals surface area contributed by atoms with E-state index in [-0.39, 0.29) is 29.0 Å². The number of para-hydroxylation sites is 1. The average Bonchev–Trinajstić information content (AvgIpc) is 3.34. The molecule has 158 valence electrons. The molecule has 2 aromatic carbocycles. The second-order valence-electron chi connectivity index (χ2n) is 7.59. The highest BCUT2D eigenvalue weighted by molar-refractivity contribution is 6.08.